The second-order valence-corrected chi connectivity index (χ2v) is 19.2. The molecule has 0 spiro atoms. The number of rotatable bonds is 52. The maximum absolute atomic E-state index is 12.8. The van der Waals surface area contributed by atoms with Crippen molar-refractivity contribution < 1.29 is 28.6 Å². The maximum atomic E-state index is 12.8. The van der Waals surface area contributed by atoms with Gasteiger partial charge in [-0.15, -0.1) is 0 Å². The molecule has 0 aliphatic rings. The van der Waals surface area contributed by atoms with Gasteiger partial charge in [-0.25, -0.2) is 0 Å². The molecule has 0 fully saturated rings. The fraction of sp³-hybridized carbons (Fsp3) is 0.817. The monoisotopic (exact) mass is 925 g/mol. The lowest BCUT2D eigenvalue weighted by molar-refractivity contribution is -0.167. The highest BCUT2D eigenvalue weighted by atomic mass is 16.6. The highest BCUT2D eigenvalue weighted by Gasteiger charge is 2.19. The zero-order chi connectivity index (χ0) is 47.9. The normalized spacial score (nSPS) is 12.3. The van der Waals surface area contributed by atoms with Crippen molar-refractivity contribution in [3.8, 4) is 0 Å². The van der Waals surface area contributed by atoms with Crippen molar-refractivity contribution in [1.29, 1.82) is 0 Å². The van der Waals surface area contributed by atoms with Gasteiger partial charge in [-0.1, -0.05) is 268 Å². The van der Waals surface area contributed by atoms with Crippen molar-refractivity contribution in [2.75, 3.05) is 13.2 Å². The zero-order valence-corrected chi connectivity index (χ0v) is 44.0. The Labute approximate surface area is 409 Å². The Bertz CT molecular complexity index is 1150. The van der Waals surface area contributed by atoms with E-state index >= 15 is 0 Å². The molecule has 0 aromatic heterocycles. The van der Waals surface area contributed by atoms with Crippen molar-refractivity contribution >= 4 is 17.9 Å². The summed E-state index contributed by atoms with van der Waals surface area (Å²) in [7, 11) is 0. The zero-order valence-electron chi connectivity index (χ0n) is 44.0. The van der Waals surface area contributed by atoms with Crippen LogP contribution in [-0.4, -0.2) is 37.2 Å². The number of ether oxygens (including phenoxy) is 3. The molecule has 384 valence electrons. The van der Waals surface area contributed by atoms with E-state index in [0.29, 0.717) is 19.3 Å². The minimum Gasteiger partial charge on any atom is -0.462 e. The van der Waals surface area contributed by atoms with Gasteiger partial charge < -0.3 is 14.2 Å². The van der Waals surface area contributed by atoms with Crippen LogP contribution in [0.15, 0.2) is 48.6 Å². The highest BCUT2D eigenvalue weighted by molar-refractivity contribution is 5.71. The van der Waals surface area contributed by atoms with Gasteiger partial charge in [-0.05, 0) is 57.8 Å². The number of hydrogen-bond donors (Lipinski definition) is 0. The molecule has 0 aromatic rings. The van der Waals surface area contributed by atoms with Gasteiger partial charge >= 0.3 is 17.9 Å². The average molecular weight is 926 g/mol. The Hall–Kier alpha value is -2.63. The van der Waals surface area contributed by atoms with E-state index in [2.05, 4.69) is 69.4 Å². The first-order chi connectivity index (χ1) is 32.5. The number of esters is 3. The molecular formula is C60H108O6. The molecule has 6 nitrogen and oxygen atoms in total. The van der Waals surface area contributed by atoms with Crippen LogP contribution in [-0.2, 0) is 28.6 Å². The molecule has 0 saturated carbocycles. The first-order valence-electron chi connectivity index (χ1n) is 28.6. The summed E-state index contributed by atoms with van der Waals surface area (Å²) < 4.78 is 16.8. The molecule has 6 heteroatoms. The predicted molar refractivity (Wildman–Crippen MR) is 284 cm³/mol. The lowest BCUT2D eigenvalue weighted by Crippen LogP contribution is -2.30. The average Bonchev–Trinajstić information content (AvgIpc) is 3.31. The topological polar surface area (TPSA) is 78.9 Å². The van der Waals surface area contributed by atoms with Crippen LogP contribution in [0.2, 0.25) is 0 Å². The summed E-state index contributed by atoms with van der Waals surface area (Å²) in [5.41, 5.74) is 0. The standard InChI is InChI=1S/C60H108O6/c1-4-7-10-13-16-19-22-25-28-30-31-33-35-38-41-44-47-50-53-59(62)65-56-57(55-64-58(61)52-49-46-43-40-37-34-27-24-21-18-15-12-9-6-3)66-60(63)54-51-48-45-42-39-36-32-29-26-23-20-17-14-11-8-5-2/h8,11,17,20,26,29,36,39,57H,4-7,9-10,12-16,18-19,21-25,27-28,30-35,37-38,40-56H2,1-3H3/b11-8-,20-17-,29-26-,39-36-. The number of unbranched alkanes of at least 4 members (excludes halogenated alkanes) is 33. The molecule has 0 aliphatic carbocycles. The van der Waals surface area contributed by atoms with E-state index in [1.807, 2.05) is 0 Å². The maximum Gasteiger partial charge on any atom is 0.306 e. The lowest BCUT2D eigenvalue weighted by Gasteiger charge is -2.18. The Kier molecular flexibility index (Phi) is 52.8. The highest BCUT2D eigenvalue weighted by Crippen LogP contribution is 2.17. The van der Waals surface area contributed by atoms with Crippen LogP contribution in [0.3, 0.4) is 0 Å². The number of hydrogen-bond acceptors (Lipinski definition) is 6. The molecule has 66 heavy (non-hydrogen) atoms. The van der Waals surface area contributed by atoms with Crippen LogP contribution in [0.25, 0.3) is 0 Å². The largest absolute Gasteiger partial charge is 0.462 e. The fourth-order valence-corrected chi connectivity index (χ4v) is 8.32. The Morgan fingerprint density at radius 3 is 0.924 bits per heavy atom. The van der Waals surface area contributed by atoms with Crippen molar-refractivity contribution in [1.82, 2.24) is 0 Å². The molecule has 0 bridgehead atoms. The van der Waals surface area contributed by atoms with E-state index in [9.17, 15) is 14.4 Å². The summed E-state index contributed by atoms with van der Waals surface area (Å²) in [5, 5.41) is 0. The van der Waals surface area contributed by atoms with Crippen molar-refractivity contribution in [3.05, 3.63) is 48.6 Å². The molecule has 0 saturated heterocycles. The van der Waals surface area contributed by atoms with Gasteiger partial charge in [0.15, 0.2) is 6.10 Å². The molecule has 1 unspecified atom stereocenters. The second kappa shape index (κ2) is 55.0. The van der Waals surface area contributed by atoms with Gasteiger partial charge in [0.2, 0.25) is 0 Å². The first-order valence-corrected chi connectivity index (χ1v) is 28.6. The minimum absolute atomic E-state index is 0.0818. The molecule has 0 aliphatic heterocycles. The smallest absolute Gasteiger partial charge is 0.306 e. The molecule has 0 heterocycles. The van der Waals surface area contributed by atoms with Gasteiger partial charge in [0.25, 0.3) is 0 Å². The van der Waals surface area contributed by atoms with E-state index < -0.39 is 6.10 Å². The third-order valence-corrected chi connectivity index (χ3v) is 12.6. The Balaban J connectivity index is 4.37. The van der Waals surface area contributed by atoms with E-state index in [1.54, 1.807) is 0 Å². The quantitative estimate of drug-likeness (QED) is 0.0262. The fourth-order valence-electron chi connectivity index (χ4n) is 8.32. The molecule has 0 aromatic carbocycles. The number of allylic oxidation sites excluding steroid dienone is 8. The van der Waals surface area contributed by atoms with E-state index in [0.717, 1.165) is 89.9 Å². The molecular weight excluding hydrogens is 817 g/mol. The van der Waals surface area contributed by atoms with Crippen molar-refractivity contribution in [2.24, 2.45) is 0 Å². The summed E-state index contributed by atoms with van der Waals surface area (Å²) in [5.74, 6) is -0.897. The van der Waals surface area contributed by atoms with Gasteiger partial charge in [-0.3, -0.25) is 14.4 Å². The van der Waals surface area contributed by atoms with Crippen molar-refractivity contribution in [3.63, 3.8) is 0 Å². The molecule has 0 radical (unpaired) electrons. The molecule has 0 N–H and O–H groups in total. The summed E-state index contributed by atoms with van der Waals surface area (Å²) in [6.07, 6.45) is 66.7. The third kappa shape index (κ3) is 52.3. The van der Waals surface area contributed by atoms with Gasteiger partial charge in [0, 0.05) is 19.3 Å². The minimum atomic E-state index is -0.786. The first kappa shape index (κ1) is 63.4. The summed E-state index contributed by atoms with van der Waals surface area (Å²) in [6.45, 7) is 6.54. The van der Waals surface area contributed by atoms with Gasteiger partial charge in [0.05, 0.1) is 0 Å². The van der Waals surface area contributed by atoms with Crippen molar-refractivity contribution in [2.45, 2.75) is 303 Å². The Morgan fingerprint density at radius 2 is 0.591 bits per heavy atom. The van der Waals surface area contributed by atoms with E-state index in [-0.39, 0.29) is 31.1 Å². The second-order valence-electron chi connectivity index (χ2n) is 19.2. The van der Waals surface area contributed by atoms with E-state index in [4.69, 9.17) is 14.2 Å². The SMILES string of the molecule is CC/C=C\C/C=C\C/C=C\C/C=C\CCCCCC(=O)OC(COC(=O)CCCCCCCCCCCCCCCC)COC(=O)CCCCCCCCCCCCCCCCCCCC. The van der Waals surface area contributed by atoms with Crippen LogP contribution in [0, 0.1) is 0 Å². The third-order valence-electron chi connectivity index (χ3n) is 12.6. The van der Waals surface area contributed by atoms with Crippen LogP contribution in [0.1, 0.15) is 297 Å². The van der Waals surface area contributed by atoms with Crippen LogP contribution in [0.4, 0.5) is 0 Å². The number of carbonyl (C=O) groups excluding carboxylic acids is 3. The van der Waals surface area contributed by atoms with Crippen LogP contribution >= 0.6 is 0 Å². The Morgan fingerprint density at radius 1 is 0.318 bits per heavy atom. The predicted octanol–water partition coefficient (Wildman–Crippen LogP) is 19.0. The summed E-state index contributed by atoms with van der Waals surface area (Å²) >= 11 is 0. The van der Waals surface area contributed by atoms with Gasteiger partial charge in [0.1, 0.15) is 13.2 Å². The molecule has 1 atom stereocenters. The lowest BCUT2D eigenvalue weighted by atomic mass is 10.0. The summed E-state index contributed by atoms with van der Waals surface area (Å²) in [4.78, 5) is 38.1. The molecule has 0 rings (SSSR count). The van der Waals surface area contributed by atoms with E-state index in [1.165, 1.54) is 167 Å². The summed E-state index contributed by atoms with van der Waals surface area (Å²) in [6, 6.07) is 0. The van der Waals surface area contributed by atoms with Crippen LogP contribution in [0.5, 0.6) is 0 Å². The van der Waals surface area contributed by atoms with Gasteiger partial charge in [-0.2, -0.15) is 0 Å². The number of carbonyl (C=O) groups is 3. The molecule has 0 amide bonds. The van der Waals surface area contributed by atoms with Crippen LogP contribution < -0.4 is 0 Å².